The van der Waals surface area contributed by atoms with Crippen molar-refractivity contribution in [2.24, 2.45) is 5.73 Å². The van der Waals surface area contributed by atoms with Crippen LogP contribution in [0.3, 0.4) is 0 Å². The molecule has 2 N–H and O–H groups in total. The molecule has 1 aromatic rings. The summed E-state index contributed by atoms with van der Waals surface area (Å²) in [6.07, 6.45) is 0. The van der Waals surface area contributed by atoms with Gasteiger partial charge in [-0.3, -0.25) is 0 Å². The second-order valence-electron chi connectivity index (χ2n) is 2.80. The van der Waals surface area contributed by atoms with Gasteiger partial charge in [0, 0.05) is 6.54 Å². The van der Waals surface area contributed by atoms with Crippen molar-refractivity contribution >= 4 is 23.2 Å². The highest BCUT2D eigenvalue weighted by molar-refractivity contribution is 6.37. The van der Waals surface area contributed by atoms with Crippen molar-refractivity contribution in [2.45, 2.75) is 0 Å². The van der Waals surface area contributed by atoms with E-state index < -0.39 is 0 Å². The molecule has 0 aliphatic heterocycles. The van der Waals surface area contributed by atoms with Crippen molar-refractivity contribution in [2.75, 3.05) is 26.4 Å². The molecule has 5 heteroatoms. The first-order valence-corrected chi connectivity index (χ1v) is 5.36. The Balaban J connectivity index is 2.37. The molecule has 84 valence electrons. The second-order valence-corrected chi connectivity index (χ2v) is 3.61. The van der Waals surface area contributed by atoms with E-state index in [0.29, 0.717) is 42.2 Å². The summed E-state index contributed by atoms with van der Waals surface area (Å²) >= 11 is 11.8. The highest BCUT2D eigenvalue weighted by Crippen LogP contribution is 2.32. The van der Waals surface area contributed by atoms with Gasteiger partial charge in [-0.25, -0.2) is 0 Å². The molecule has 1 aromatic carbocycles. The van der Waals surface area contributed by atoms with E-state index in [1.165, 1.54) is 0 Å². The fourth-order valence-electron chi connectivity index (χ4n) is 1.01. The van der Waals surface area contributed by atoms with Gasteiger partial charge in [-0.1, -0.05) is 29.3 Å². The second kappa shape index (κ2) is 6.90. The topological polar surface area (TPSA) is 44.5 Å². The molecule has 0 radical (unpaired) electrons. The molecular formula is C10H13Cl2NO2. The van der Waals surface area contributed by atoms with Crippen LogP contribution in [0.25, 0.3) is 0 Å². The first kappa shape index (κ1) is 12.6. The zero-order valence-corrected chi connectivity index (χ0v) is 9.72. The van der Waals surface area contributed by atoms with Crippen molar-refractivity contribution < 1.29 is 9.47 Å². The molecular weight excluding hydrogens is 237 g/mol. The van der Waals surface area contributed by atoms with E-state index in [9.17, 15) is 0 Å². The van der Waals surface area contributed by atoms with Crippen LogP contribution >= 0.6 is 23.2 Å². The fourth-order valence-corrected chi connectivity index (χ4v) is 1.52. The third kappa shape index (κ3) is 4.26. The molecule has 0 saturated heterocycles. The number of ether oxygens (including phenoxy) is 2. The Morgan fingerprint density at radius 1 is 1.07 bits per heavy atom. The number of halogens is 2. The van der Waals surface area contributed by atoms with Crippen LogP contribution in [0, 0.1) is 0 Å². The lowest BCUT2D eigenvalue weighted by Gasteiger charge is -2.09. The number of rotatable bonds is 6. The molecule has 0 aromatic heterocycles. The number of hydrogen-bond donors (Lipinski definition) is 1. The van der Waals surface area contributed by atoms with Crippen molar-refractivity contribution in [3.63, 3.8) is 0 Å². The molecule has 15 heavy (non-hydrogen) atoms. The molecule has 0 bridgehead atoms. The molecule has 3 nitrogen and oxygen atoms in total. The van der Waals surface area contributed by atoms with E-state index in [1.807, 2.05) is 0 Å². The normalized spacial score (nSPS) is 10.3. The number of nitrogens with two attached hydrogens (primary N) is 1. The lowest BCUT2D eigenvalue weighted by atomic mass is 10.3. The third-order valence-electron chi connectivity index (χ3n) is 1.66. The molecule has 0 saturated carbocycles. The molecule has 0 heterocycles. The monoisotopic (exact) mass is 249 g/mol. The largest absolute Gasteiger partial charge is 0.488 e. The van der Waals surface area contributed by atoms with Crippen molar-refractivity contribution in [1.82, 2.24) is 0 Å². The predicted molar refractivity (Wildman–Crippen MR) is 61.8 cm³/mol. The van der Waals surface area contributed by atoms with Gasteiger partial charge in [0.05, 0.1) is 23.3 Å². The van der Waals surface area contributed by atoms with Crippen molar-refractivity contribution in [3.8, 4) is 5.75 Å². The third-order valence-corrected chi connectivity index (χ3v) is 2.25. The van der Waals surface area contributed by atoms with E-state index >= 15 is 0 Å². The van der Waals surface area contributed by atoms with Gasteiger partial charge in [-0.15, -0.1) is 0 Å². The quantitative estimate of drug-likeness (QED) is 0.788. The molecule has 0 unspecified atom stereocenters. The molecule has 0 spiro atoms. The maximum absolute atomic E-state index is 5.90. The lowest BCUT2D eigenvalue weighted by Crippen LogP contribution is -2.13. The van der Waals surface area contributed by atoms with Crippen LogP contribution in [0.4, 0.5) is 0 Å². The Labute approximate surface area is 99.1 Å². The molecule has 1 rings (SSSR count). The maximum atomic E-state index is 5.90. The summed E-state index contributed by atoms with van der Waals surface area (Å²) in [5.41, 5.74) is 5.26. The Morgan fingerprint density at radius 2 is 1.73 bits per heavy atom. The van der Waals surface area contributed by atoms with Crippen LogP contribution in [-0.4, -0.2) is 26.4 Å². The smallest absolute Gasteiger partial charge is 0.156 e. The lowest BCUT2D eigenvalue weighted by molar-refractivity contribution is 0.106. The zero-order chi connectivity index (χ0) is 11.1. The van der Waals surface area contributed by atoms with E-state index in [4.69, 9.17) is 38.4 Å². The highest BCUT2D eigenvalue weighted by atomic mass is 35.5. The Hall–Kier alpha value is -0.480. The van der Waals surface area contributed by atoms with Crippen LogP contribution < -0.4 is 10.5 Å². The molecule has 0 aliphatic rings. The van der Waals surface area contributed by atoms with Gasteiger partial charge in [0.2, 0.25) is 0 Å². The average Bonchev–Trinajstić information content (AvgIpc) is 2.21. The summed E-state index contributed by atoms with van der Waals surface area (Å²) in [7, 11) is 0. The Morgan fingerprint density at radius 3 is 2.33 bits per heavy atom. The maximum Gasteiger partial charge on any atom is 0.156 e. The summed E-state index contributed by atoms with van der Waals surface area (Å²) in [6.45, 7) is 1.91. The molecule has 0 aliphatic carbocycles. The number of hydrogen-bond acceptors (Lipinski definition) is 3. The Kier molecular flexibility index (Phi) is 5.79. The van der Waals surface area contributed by atoms with Gasteiger partial charge in [0.15, 0.2) is 5.75 Å². The van der Waals surface area contributed by atoms with Crippen LogP contribution in [0.15, 0.2) is 18.2 Å². The number of benzene rings is 1. The predicted octanol–water partition coefficient (Wildman–Crippen LogP) is 2.35. The molecule has 0 atom stereocenters. The summed E-state index contributed by atoms with van der Waals surface area (Å²) in [6, 6.07) is 5.22. The summed E-state index contributed by atoms with van der Waals surface area (Å²) < 4.78 is 10.5. The first-order chi connectivity index (χ1) is 7.25. The van der Waals surface area contributed by atoms with Gasteiger partial charge < -0.3 is 15.2 Å². The SMILES string of the molecule is NCCOCCOc1c(Cl)cccc1Cl. The minimum absolute atomic E-state index is 0.406. The molecule has 0 fully saturated rings. The van der Waals surface area contributed by atoms with Crippen molar-refractivity contribution in [1.29, 1.82) is 0 Å². The van der Waals surface area contributed by atoms with Gasteiger partial charge in [0.1, 0.15) is 6.61 Å². The van der Waals surface area contributed by atoms with Crippen LogP contribution in [0.1, 0.15) is 0 Å². The van der Waals surface area contributed by atoms with E-state index in [-0.39, 0.29) is 0 Å². The summed E-state index contributed by atoms with van der Waals surface area (Å²) in [5, 5.41) is 1.00. The molecule has 0 amide bonds. The van der Waals surface area contributed by atoms with Crippen LogP contribution in [-0.2, 0) is 4.74 Å². The first-order valence-electron chi connectivity index (χ1n) is 4.60. The van der Waals surface area contributed by atoms with E-state index in [0.717, 1.165) is 0 Å². The average molecular weight is 250 g/mol. The van der Waals surface area contributed by atoms with E-state index in [1.54, 1.807) is 18.2 Å². The highest BCUT2D eigenvalue weighted by Gasteiger charge is 2.05. The number of para-hydroxylation sites is 1. The van der Waals surface area contributed by atoms with Crippen LogP contribution in [0.2, 0.25) is 10.0 Å². The van der Waals surface area contributed by atoms with Gasteiger partial charge in [0.25, 0.3) is 0 Å². The van der Waals surface area contributed by atoms with Gasteiger partial charge in [-0.2, -0.15) is 0 Å². The minimum Gasteiger partial charge on any atom is -0.488 e. The standard InChI is InChI=1S/C10H13Cl2NO2/c11-8-2-1-3-9(12)10(8)15-7-6-14-5-4-13/h1-3H,4-7,13H2. The summed E-state index contributed by atoms with van der Waals surface area (Å²) in [5.74, 6) is 0.497. The minimum atomic E-state index is 0.406. The van der Waals surface area contributed by atoms with E-state index in [2.05, 4.69) is 0 Å². The van der Waals surface area contributed by atoms with Gasteiger partial charge in [-0.05, 0) is 12.1 Å². The zero-order valence-electron chi connectivity index (χ0n) is 8.21. The van der Waals surface area contributed by atoms with Gasteiger partial charge >= 0.3 is 0 Å². The Bertz CT molecular complexity index is 287. The van der Waals surface area contributed by atoms with Crippen LogP contribution in [0.5, 0.6) is 5.75 Å². The fraction of sp³-hybridized carbons (Fsp3) is 0.400. The summed E-state index contributed by atoms with van der Waals surface area (Å²) in [4.78, 5) is 0. The van der Waals surface area contributed by atoms with Crippen molar-refractivity contribution in [3.05, 3.63) is 28.2 Å².